The van der Waals surface area contributed by atoms with Crippen LogP contribution in [0.5, 0.6) is 5.75 Å². The topological polar surface area (TPSA) is 148 Å². The number of carbonyl (C=O) groups is 2. The zero-order valence-electron chi connectivity index (χ0n) is 24.3. The summed E-state index contributed by atoms with van der Waals surface area (Å²) in [6, 6.07) is 22.9. The maximum absolute atomic E-state index is 13.2. The molecule has 226 valence electrons. The average molecular weight is 614 g/mol. The molecule has 2 heterocycles. The predicted octanol–water partition coefficient (Wildman–Crippen LogP) is 6.02. The standard InChI is InChI=1S/C33H31N3O7S/c1-20(2)30(33(38)39)36-44(40,41)26-16-12-23(13-17-26)22-10-14-24(15-11-22)35-32(37)31-21(3)29-27(8-6-9-28(29)43-31)42-19-25-7-4-5-18-34-25/h4-18,20,30,36H,19H2,1-3H3,(H,35,37)(H,38,39)/t30-/m0/s1. The highest BCUT2D eigenvalue weighted by atomic mass is 32.2. The van der Waals surface area contributed by atoms with E-state index in [1.165, 1.54) is 12.1 Å². The highest BCUT2D eigenvalue weighted by Crippen LogP contribution is 2.34. The summed E-state index contributed by atoms with van der Waals surface area (Å²) in [7, 11) is -4.03. The van der Waals surface area contributed by atoms with E-state index in [2.05, 4.69) is 15.0 Å². The van der Waals surface area contributed by atoms with E-state index in [9.17, 15) is 23.1 Å². The monoisotopic (exact) mass is 613 g/mol. The highest BCUT2D eigenvalue weighted by molar-refractivity contribution is 7.89. The Morgan fingerprint density at radius 2 is 1.61 bits per heavy atom. The fourth-order valence-corrected chi connectivity index (χ4v) is 6.04. The lowest BCUT2D eigenvalue weighted by atomic mass is 10.1. The maximum atomic E-state index is 13.2. The fraction of sp³-hybridized carbons (Fsp3) is 0.182. The van der Waals surface area contributed by atoms with E-state index in [0.29, 0.717) is 28.0 Å². The summed E-state index contributed by atoms with van der Waals surface area (Å²) >= 11 is 0. The Morgan fingerprint density at radius 3 is 2.23 bits per heavy atom. The molecule has 44 heavy (non-hydrogen) atoms. The van der Waals surface area contributed by atoms with Crippen molar-refractivity contribution >= 4 is 38.6 Å². The lowest BCUT2D eigenvalue weighted by Gasteiger charge is -2.18. The minimum atomic E-state index is -4.03. The summed E-state index contributed by atoms with van der Waals surface area (Å²) in [5.74, 6) is -1.31. The van der Waals surface area contributed by atoms with E-state index in [-0.39, 0.29) is 17.3 Å². The smallest absolute Gasteiger partial charge is 0.322 e. The van der Waals surface area contributed by atoms with Crippen molar-refractivity contribution in [3.63, 3.8) is 0 Å². The van der Waals surface area contributed by atoms with E-state index in [1.54, 1.807) is 68.6 Å². The van der Waals surface area contributed by atoms with Gasteiger partial charge >= 0.3 is 5.97 Å². The lowest BCUT2D eigenvalue weighted by Crippen LogP contribution is -2.44. The van der Waals surface area contributed by atoms with Crippen LogP contribution in [0, 0.1) is 12.8 Å². The van der Waals surface area contributed by atoms with Gasteiger partial charge in [-0.1, -0.05) is 50.2 Å². The van der Waals surface area contributed by atoms with Gasteiger partial charge in [-0.25, -0.2) is 8.42 Å². The van der Waals surface area contributed by atoms with Crippen molar-refractivity contribution in [2.75, 3.05) is 5.32 Å². The van der Waals surface area contributed by atoms with Gasteiger partial charge in [-0.3, -0.25) is 14.6 Å². The van der Waals surface area contributed by atoms with Gasteiger partial charge in [-0.05, 0) is 72.5 Å². The molecule has 0 aliphatic rings. The Bertz CT molecular complexity index is 1900. The normalized spacial score (nSPS) is 12.3. The zero-order chi connectivity index (χ0) is 31.4. The first kappa shape index (κ1) is 30.5. The van der Waals surface area contributed by atoms with Crippen LogP contribution in [0.15, 0.2) is 100 Å². The van der Waals surface area contributed by atoms with Gasteiger partial charge < -0.3 is 19.6 Å². The molecule has 11 heteroatoms. The number of sulfonamides is 1. The van der Waals surface area contributed by atoms with Crippen molar-refractivity contribution in [1.82, 2.24) is 9.71 Å². The van der Waals surface area contributed by atoms with Crippen LogP contribution >= 0.6 is 0 Å². The fourth-order valence-electron chi connectivity index (χ4n) is 4.71. The van der Waals surface area contributed by atoms with Crippen LogP contribution in [-0.4, -0.2) is 36.4 Å². The average Bonchev–Trinajstić information content (AvgIpc) is 3.36. The number of ether oxygens (including phenoxy) is 1. The molecule has 0 aliphatic heterocycles. The van der Waals surface area contributed by atoms with Crippen molar-refractivity contribution in [1.29, 1.82) is 0 Å². The Kier molecular flexibility index (Phi) is 8.79. The third-order valence-corrected chi connectivity index (χ3v) is 8.54. The number of rotatable bonds is 11. The van der Waals surface area contributed by atoms with Gasteiger partial charge in [0.25, 0.3) is 5.91 Å². The van der Waals surface area contributed by atoms with Crippen LogP contribution in [0.3, 0.4) is 0 Å². The SMILES string of the molecule is Cc1c(C(=O)Nc2ccc(-c3ccc(S(=O)(=O)N[C@H](C(=O)O)C(C)C)cc3)cc2)oc2cccc(OCc3ccccn3)c12. The summed E-state index contributed by atoms with van der Waals surface area (Å²) in [5.41, 5.74) is 4.04. The summed E-state index contributed by atoms with van der Waals surface area (Å²) in [5, 5.41) is 12.9. The van der Waals surface area contributed by atoms with Crippen molar-refractivity contribution in [2.45, 2.75) is 38.3 Å². The number of benzene rings is 3. The van der Waals surface area contributed by atoms with E-state index < -0.39 is 33.9 Å². The Hall–Kier alpha value is -5.00. The molecular formula is C33H31N3O7S. The summed E-state index contributed by atoms with van der Waals surface area (Å²) in [6.07, 6.45) is 1.70. The summed E-state index contributed by atoms with van der Waals surface area (Å²) in [4.78, 5) is 28.9. The number of aromatic nitrogens is 1. The third-order valence-electron chi connectivity index (χ3n) is 7.08. The molecule has 0 aliphatic carbocycles. The Morgan fingerprint density at radius 1 is 0.932 bits per heavy atom. The number of hydrogen-bond donors (Lipinski definition) is 3. The number of anilines is 1. The van der Waals surface area contributed by atoms with Gasteiger partial charge in [0.2, 0.25) is 10.0 Å². The molecule has 0 saturated heterocycles. The number of nitrogens with zero attached hydrogens (tertiary/aromatic N) is 1. The number of pyridine rings is 1. The number of furan rings is 1. The predicted molar refractivity (Wildman–Crippen MR) is 166 cm³/mol. The first-order valence-electron chi connectivity index (χ1n) is 13.9. The number of carbonyl (C=O) groups excluding carboxylic acids is 1. The van der Waals surface area contributed by atoms with Crippen LogP contribution in [0.25, 0.3) is 22.1 Å². The van der Waals surface area contributed by atoms with Crippen molar-refractivity contribution < 1.29 is 32.3 Å². The van der Waals surface area contributed by atoms with Crippen LogP contribution < -0.4 is 14.8 Å². The molecule has 1 amide bonds. The van der Waals surface area contributed by atoms with Gasteiger partial charge in [-0.2, -0.15) is 4.72 Å². The van der Waals surface area contributed by atoms with Gasteiger partial charge in [0.05, 0.1) is 16.0 Å². The van der Waals surface area contributed by atoms with Crippen molar-refractivity contribution in [3.8, 4) is 16.9 Å². The second-order valence-corrected chi connectivity index (χ2v) is 12.2. The number of carboxylic acids is 1. The molecule has 3 N–H and O–H groups in total. The minimum Gasteiger partial charge on any atom is -0.487 e. The Balaban J connectivity index is 1.28. The largest absolute Gasteiger partial charge is 0.487 e. The molecule has 0 saturated carbocycles. The number of aliphatic carboxylic acids is 1. The molecule has 0 spiro atoms. The molecule has 3 aromatic carbocycles. The van der Waals surface area contributed by atoms with Gasteiger partial charge in [0.15, 0.2) is 5.76 Å². The number of nitrogens with one attached hydrogen (secondary N) is 2. The van der Waals surface area contributed by atoms with E-state index in [1.807, 2.05) is 31.2 Å². The quantitative estimate of drug-likeness (QED) is 0.164. The molecular weight excluding hydrogens is 582 g/mol. The summed E-state index contributed by atoms with van der Waals surface area (Å²) < 4.78 is 39.6. The van der Waals surface area contributed by atoms with Gasteiger partial charge in [0, 0.05) is 17.4 Å². The van der Waals surface area contributed by atoms with Crippen molar-refractivity contribution in [2.24, 2.45) is 5.92 Å². The van der Waals surface area contributed by atoms with Crippen molar-refractivity contribution in [3.05, 3.63) is 108 Å². The number of fused-ring (bicyclic) bond motifs is 1. The third kappa shape index (κ3) is 6.64. The molecule has 0 fully saturated rings. The summed E-state index contributed by atoms with van der Waals surface area (Å²) in [6.45, 7) is 5.34. The lowest BCUT2D eigenvalue weighted by molar-refractivity contribution is -0.140. The van der Waals surface area contributed by atoms with E-state index in [0.717, 1.165) is 16.8 Å². The molecule has 0 bridgehead atoms. The second-order valence-electron chi connectivity index (χ2n) is 10.5. The zero-order valence-corrected chi connectivity index (χ0v) is 25.1. The van der Waals surface area contributed by atoms with E-state index in [4.69, 9.17) is 9.15 Å². The van der Waals surface area contributed by atoms with Gasteiger partial charge in [-0.15, -0.1) is 0 Å². The first-order chi connectivity index (χ1) is 21.0. The van der Waals surface area contributed by atoms with Crippen LogP contribution in [-0.2, 0) is 21.4 Å². The van der Waals surface area contributed by atoms with Crippen LogP contribution in [0.2, 0.25) is 0 Å². The first-order valence-corrected chi connectivity index (χ1v) is 15.3. The molecule has 2 aromatic heterocycles. The molecule has 1 atom stereocenters. The maximum Gasteiger partial charge on any atom is 0.322 e. The van der Waals surface area contributed by atoms with Crippen LogP contribution in [0.4, 0.5) is 5.69 Å². The molecule has 0 unspecified atom stereocenters. The molecule has 5 rings (SSSR count). The van der Waals surface area contributed by atoms with Crippen LogP contribution in [0.1, 0.15) is 35.7 Å². The Labute approximate surface area is 254 Å². The number of amides is 1. The minimum absolute atomic E-state index is 0.0384. The van der Waals surface area contributed by atoms with Gasteiger partial charge in [0.1, 0.15) is 24.0 Å². The molecule has 10 nitrogen and oxygen atoms in total. The number of aryl methyl sites for hydroxylation is 1. The second kappa shape index (κ2) is 12.7. The highest BCUT2D eigenvalue weighted by Gasteiger charge is 2.28. The number of carboxylic acid groups (broad SMARTS) is 1. The molecule has 0 radical (unpaired) electrons. The number of hydrogen-bond acceptors (Lipinski definition) is 7. The molecule has 5 aromatic rings. The van der Waals surface area contributed by atoms with E-state index >= 15 is 0 Å².